The van der Waals surface area contributed by atoms with E-state index in [4.69, 9.17) is 0 Å². The summed E-state index contributed by atoms with van der Waals surface area (Å²) in [6.07, 6.45) is 3.03. The van der Waals surface area contributed by atoms with Gasteiger partial charge < -0.3 is 0 Å². The van der Waals surface area contributed by atoms with Crippen molar-refractivity contribution in [2.24, 2.45) is 0 Å². The second-order valence-electron chi connectivity index (χ2n) is 6.22. The van der Waals surface area contributed by atoms with Crippen LogP contribution in [0.5, 0.6) is 0 Å². The molecule has 5 heteroatoms. The molecule has 2 heterocycles. The Morgan fingerprint density at radius 3 is 2.42 bits per heavy atom. The fourth-order valence-corrected chi connectivity index (χ4v) is 3.41. The minimum atomic E-state index is -0.430. The van der Waals surface area contributed by atoms with E-state index in [9.17, 15) is 4.79 Å². The maximum Gasteiger partial charge on any atom is 0.202 e. The number of hydrogen-bond donors (Lipinski definition) is 0. The molecule has 0 N–H and O–H groups in total. The smallest absolute Gasteiger partial charge is 0.202 e. The molecule has 5 nitrogen and oxygen atoms in total. The molecular weight excluding hydrogens is 300 g/mol. The van der Waals surface area contributed by atoms with Gasteiger partial charge in [-0.3, -0.25) is 9.69 Å². The van der Waals surface area contributed by atoms with Crippen LogP contribution in [0.3, 0.4) is 0 Å². The lowest BCUT2D eigenvalue weighted by Crippen LogP contribution is -2.41. The van der Waals surface area contributed by atoms with Gasteiger partial charge in [0.05, 0.1) is 5.52 Å². The van der Waals surface area contributed by atoms with Crippen LogP contribution >= 0.6 is 0 Å². The van der Waals surface area contributed by atoms with Gasteiger partial charge in [-0.1, -0.05) is 54.1 Å². The zero-order valence-corrected chi connectivity index (χ0v) is 13.5. The molecule has 1 aliphatic rings. The van der Waals surface area contributed by atoms with E-state index in [1.807, 2.05) is 54.6 Å². The Balaban J connectivity index is 1.79. The molecule has 0 amide bonds. The third-order valence-electron chi connectivity index (χ3n) is 4.64. The molecule has 1 atom stereocenters. The maximum atomic E-state index is 13.3. The number of carbonyl (C=O) groups is 1. The van der Waals surface area contributed by atoms with Crippen LogP contribution in [0.2, 0.25) is 0 Å². The summed E-state index contributed by atoms with van der Waals surface area (Å²) in [6.45, 7) is 1.83. The molecule has 1 fully saturated rings. The highest BCUT2D eigenvalue weighted by Crippen LogP contribution is 2.26. The molecule has 1 saturated heterocycles. The zero-order chi connectivity index (χ0) is 16.4. The van der Waals surface area contributed by atoms with Crippen LogP contribution in [0.15, 0.2) is 54.6 Å². The summed E-state index contributed by atoms with van der Waals surface area (Å²) in [5, 5.41) is 8.57. The van der Waals surface area contributed by atoms with Gasteiger partial charge in [0.25, 0.3) is 0 Å². The first kappa shape index (κ1) is 15.0. The molecule has 0 bridgehead atoms. The number of aromatic nitrogens is 3. The van der Waals surface area contributed by atoms with E-state index in [1.165, 1.54) is 6.42 Å². The van der Waals surface area contributed by atoms with Crippen LogP contribution in [0.25, 0.3) is 11.0 Å². The number of rotatable bonds is 4. The van der Waals surface area contributed by atoms with E-state index in [-0.39, 0.29) is 5.78 Å². The Morgan fingerprint density at radius 2 is 1.62 bits per heavy atom. The van der Waals surface area contributed by atoms with Crippen molar-refractivity contribution < 1.29 is 4.79 Å². The average molecular weight is 320 g/mol. The quantitative estimate of drug-likeness (QED) is 0.692. The lowest BCUT2D eigenvalue weighted by Gasteiger charge is -2.33. The number of carbonyl (C=O) groups excluding carboxylic acids is 1. The summed E-state index contributed by atoms with van der Waals surface area (Å²) in [4.78, 5) is 15.5. The third-order valence-corrected chi connectivity index (χ3v) is 4.64. The van der Waals surface area contributed by atoms with Gasteiger partial charge in [-0.15, -0.1) is 5.10 Å². The first-order valence-electron chi connectivity index (χ1n) is 8.48. The summed E-state index contributed by atoms with van der Waals surface area (Å²) in [7, 11) is 0. The van der Waals surface area contributed by atoms with Crippen LogP contribution in [0.4, 0.5) is 0 Å². The molecule has 1 aromatic heterocycles. The van der Waals surface area contributed by atoms with Crippen molar-refractivity contribution in [3.8, 4) is 0 Å². The molecule has 0 spiro atoms. The van der Waals surface area contributed by atoms with Gasteiger partial charge in [-0.2, -0.15) is 0 Å². The highest BCUT2D eigenvalue weighted by atomic mass is 16.1. The number of fused-ring (bicyclic) bond motifs is 1. The summed E-state index contributed by atoms with van der Waals surface area (Å²) >= 11 is 0. The minimum absolute atomic E-state index is 0.0770. The van der Waals surface area contributed by atoms with E-state index < -0.39 is 6.17 Å². The number of likely N-dealkylation sites (tertiary alicyclic amines) is 1. The van der Waals surface area contributed by atoms with Crippen molar-refractivity contribution in [1.29, 1.82) is 0 Å². The molecule has 1 unspecified atom stereocenters. The van der Waals surface area contributed by atoms with E-state index in [0.717, 1.165) is 37.0 Å². The Labute approximate surface area is 140 Å². The van der Waals surface area contributed by atoms with Gasteiger partial charge in [-0.05, 0) is 25.0 Å². The molecular formula is C19H20N4O. The van der Waals surface area contributed by atoms with Crippen molar-refractivity contribution in [1.82, 2.24) is 19.9 Å². The number of para-hydroxylation sites is 1. The number of benzene rings is 2. The number of nitrogens with zero attached hydrogens (tertiary/aromatic N) is 4. The predicted molar refractivity (Wildman–Crippen MR) is 92.8 cm³/mol. The van der Waals surface area contributed by atoms with E-state index in [2.05, 4.69) is 15.2 Å². The largest absolute Gasteiger partial charge is 0.290 e. The molecule has 24 heavy (non-hydrogen) atoms. The van der Waals surface area contributed by atoms with E-state index in [0.29, 0.717) is 5.56 Å². The summed E-state index contributed by atoms with van der Waals surface area (Å²) in [5.74, 6) is 0.0770. The van der Waals surface area contributed by atoms with Crippen molar-refractivity contribution >= 4 is 16.8 Å². The Bertz CT molecular complexity index is 837. The lowest BCUT2D eigenvalue weighted by molar-refractivity contribution is 0.0620. The highest BCUT2D eigenvalue weighted by molar-refractivity contribution is 5.99. The monoisotopic (exact) mass is 320 g/mol. The number of Topliss-reactive ketones (excluding diaryl/α,β-unsaturated/α-hetero) is 1. The zero-order valence-electron chi connectivity index (χ0n) is 13.5. The van der Waals surface area contributed by atoms with Gasteiger partial charge in [0.15, 0.2) is 6.17 Å². The fourth-order valence-electron chi connectivity index (χ4n) is 3.41. The van der Waals surface area contributed by atoms with E-state index in [1.54, 1.807) is 4.68 Å². The van der Waals surface area contributed by atoms with Crippen LogP contribution in [-0.2, 0) is 0 Å². The normalized spacial score (nSPS) is 17.0. The van der Waals surface area contributed by atoms with Crippen LogP contribution in [0, 0.1) is 0 Å². The third kappa shape index (κ3) is 2.71. The summed E-state index contributed by atoms with van der Waals surface area (Å²) < 4.78 is 1.79. The Hall–Kier alpha value is -2.53. The SMILES string of the molecule is O=C(c1ccccc1)C(N1CCCCC1)n1nnc2ccccc21. The Morgan fingerprint density at radius 1 is 0.917 bits per heavy atom. The van der Waals surface area contributed by atoms with Crippen molar-refractivity contribution in [2.45, 2.75) is 25.4 Å². The average Bonchev–Trinajstić information content (AvgIpc) is 3.07. The van der Waals surface area contributed by atoms with E-state index >= 15 is 0 Å². The fraction of sp³-hybridized carbons (Fsp3) is 0.316. The predicted octanol–water partition coefficient (Wildman–Crippen LogP) is 3.30. The number of hydrogen-bond acceptors (Lipinski definition) is 4. The van der Waals surface area contributed by atoms with Gasteiger partial charge in [0.1, 0.15) is 5.52 Å². The van der Waals surface area contributed by atoms with Crippen molar-refractivity contribution in [3.63, 3.8) is 0 Å². The second-order valence-corrected chi connectivity index (χ2v) is 6.22. The number of piperidine rings is 1. The minimum Gasteiger partial charge on any atom is -0.290 e. The molecule has 1 aliphatic heterocycles. The molecule has 122 valence electrons. The molecule has 3 aromatic rings. The van der Waals surface area contributed by atoms with Crippen molar-refractivity contribution in [2.75, 3.05) is 13.1 Å². The van der Waals surface area contributed by atoms with Crippen LogP contribution in [0.1, 0.15) is 35.8 Å². The first-order valence-corrected chi connectivity index (χ1v) is 8.48. The molecule has 0 aliphatic carbocycles. The van der Waals surface area contributed by atoms with Gasteiger partial charge in [0.2, 0.25) is 5.78 Å². The second kappa shape index (κ2) is 6.53. The first-order chi connectivity index (χ1) is 11.8. The summed E-state index contributed by atoms with van der Waals surface area (Å²) in [5.41, 5.74) is 2.44. The topological polar surface area (TPSA) is 51.0 Å². The Kier molecular flexibility index (Phi) is 4.09. The number of ketones is 1. The van der Waals surface area contributed by atoms with Gasteiger partial charge in [-0.25, -0.2) is 4.68 Å². The van der Waals surface area contributed by atoms with Crippen LogP contribution in [-0.4, -0.2) is 38.8 Å². The lowest BCUT2D eigenvalue weighted by atomic mass is 10.0. The van der Waals surface area contributed by atoms with Gasteiger partial charge in [0, 0.05) is 18.7 Å². The maximum absolute atomic E-state index is 13.3. The van der Waals surface area contributed by atoms with Crippen molar-refractivity contribution in [3.05, 3.63) is 60.2 Å². The standard InChI is InChI=1S/C19H20N4O/c24-18(15-9-3-1-4-10-15)19(22-13-7-2-8-14-22)23-17-12-6-5-11-16(17)20-21-23/h1,3-6,9-12,19H,2,7-8,13-14H2. The molecule has 2 aromatic carbocycles. The molecule has 4 rings (SSSR count). The summed E-state index contributed by atoms with van der Waals surface area (Å²) in [6, 6.07) is 17.3. The molecule has 0 radical (unpaired) electrons. The highest BCUT2D eigenvalue weighted by Gasteiger charge is 2.31. The molecule has 0 saturated carbocycles. The van der Waals surface area contributed by atoms with Crippen LogP contribution < -0.4 is 0 Å². The van der Waals surface area contributed by atoms with Gasteiger partial charge >= 0.3 is 0 Å².